The van der Waals surface area contributed by atoms with E-state index in [1.165, 1.54) is 16.7 Å². The minimum absolute atomic E-state index is 0. The molecule has 25 heavy (non-hydrogen) atoms. The van der Waals surface area contributed by atoms with E-state index in [0.29, 0.717) is 0 Å². The molecule has 0 heterocycles. The molecule has 4 heteroatoms. The van der Waals surface area contributed by atoms with Gasteiger partial charge in [-0.15, -0.1) is 6.42 Å². The SMILES string of the molecule is C.CC.CC.CC1=[C-]CC=C1.Cc1[c-]cccc1C.[CH3-].[CH3-].[Re].[Re].[Rf].[Rf]. The molecule has 144 valence electrons. The molecule has 0 spiro atoms. The van der Waals surface area contributed by atoms with Crippen molar-refractivity contribution in [3.63, 3.8) is 0 Å². The maximum absolute atomic E-state index is 3.12. The van der Waals surface area contributed by atoms with E-state index in [0.717, 1.165) is 6.42 Å². The third-order valence-corrected chi connectivity index (χ3v) is 2.20. The van der Waals surface area contributed by atoms with Crippen LogP contribution < -0.4 is 0 Å². The molecule has 2 rings (SSSR count). The molecule has 1 aromatic rings. The quantitative estimate of drug-likeness (QED) is 0.238. The van der Waals surface area contributed by atoms with Crippen LogP contribution in [0.1, 0.15) is 59.6 Å². The summed E-state index contributed by atoms with van der Waals surface area (Å²) in [4.78, 5) is 0. The minimum atomic E-state index is 0. The Morgan fingerprint density at radius 3 is 1.48 bits per heavy atom. The molecule has 0 saturated heterocycles. The molecular weight excluding hydrogens is 1160 g/mol. The Bertz CT molecular complexity index is 339. The van der Waals surface area contributed by atoms with Crippen LogP contribution >= 0.6 is 0 Å². The third-order valence-electron chi connectivity index (χ3n) is 2.20. The Hall–Kier alpha value is -1.98. The van der Waals surface area contributed by atoms with Crippen LogP contribution in [0.5, 0.6) is 0 Å². The zero-order valence-corrected chi connectivity index (χ0v) is 35.5. The molecule has 1 aliphatic rings. The molecule has 0 fully saturated rings. The van der Waals surface area contributed by atoms with Gasteiger partial charge in [-0.05, 0) is 0 Å². The van der Waals surface area contributed by atoms with Crippen molar-refractivity contribution in [2.75, 3.05) is 0 Å². The number of hydrogen-bond donors (Lipinski definition) is 0. The fourth-order valence-corrected chi connectivity index (χ4v) is 1.12. The van der Waals surface area contributed by atoms with E-state index < -0.39 is 0 Å². The zero-order valence-electron chi connectivity index (χ0n) is 17.3. The van der Waals surface area contributed by atoms with Gasteiger partial charge in [0, 0.05) is 40.8 Å². The zero-order chi connectivity index (χ0) is 14.4. The van der Waals surface area contributed by atoms with Gasteiger partial charge in [-0.25, -0.2) is 11.6 Å². The van der Waals surface area contributed by atoms with E-state index in [9.17, 15) is 0 Å². The fraction of sp³-hybridized carbons (Fsp3) is 0.429. The first-order chi connectivity index (χ1) is 8.70. The average molecular weight is 1200 g/mol. The van der Waals surface area contributed by atoms with Gasteiger partial charge in [0.2, 0.25) is 0 Å². The van der Waals surface area contributed by atoms with E-state index in [2.05, 4.69) is 51.1 Å². The monoisotopic (exact) mass is 1200 g/mol. The second-order valence-corrected chi connectivity index (χ2v) is 3.44. The first-order valence-corrected chi connectivity index (χ1v) is 6.88. The molecule has 0 saturated carbocycles. The van der Waals surface area contributed by atoms with Gasteiger partial charge in [-0.1, -0.05) is 55.9 Å². The van der Waals surface area contributed by atoms with Crippen molar-refractivity contribution in [3.8, 4) is 0 Å². The smallest absolute Gasteiger partial charge is 0 e. The Morgan fingerprint density at radius 2 is 1.32 bits per heavy atom. The molecule has 1 aliphatic carbocycles. The van der Waals surface area contributed by atoms with Crippen LogP contribution in [-0.2, 0) is 40.8 Å². The van der Waals surface area contributed by atoms with E-state index >= 15 is 0 Å². The molecule has 0 N–H and O–H groups in total. The predicted octanol–water partition coefficient (Wildman–Crippen LogP) is 7.38. The van der Waals surface area contributed by atoms with Gasteiger partial charge in [0.15, 0.2) is 0 Å². The summed E-state index contributed by atoms with van der Waals surface area (Å²) in [5, 5.41) is 0. The van der Waals surface area contributed by atoms with Crippen molar-refractivity contribution in [2.24, 2.45) is 0 Å². The van der Waals surface area contributed by atoms with Gasteiger partial charge in [-0.2, -0.15) is 41.5 Å². The van der Waals surface area contributed by atoms with Gasteiger partial charge in [-0.3, -0.25) is 6.08 Å². The van der Waals surface area contributed by atoms with Crippen molar-refractivity contribution in [3.05, 3.63) is 74.0 Å². The fourth-order valence-electron chi connectivity index (χ4n) is 1.12. The van der Waals surface area contributed by atoms with Crippen molar-refractivity contribution in [1.82, 2.24) is 0 Å². The van der Waals surface area contributed by atoms with E-state index in [1.807, 2.05) is 39.8 Å². The summed E-state index contributed by atoms with van der Waals surface area (Å²) in [5.41, 5.74) is 3.83. The summed E-state index contributed by atoms with van der Waals surface area (Å²) >= 11 is 0. The van der Waals surface area contributed by atoms with Crippen LogP contribution in [0.25, 0.3) is 0 Å². The summed E-state index contributed by atoms with van der Waals surface area (Å²) < 4.78 is 0. The van der Waals surface area contributed by atoms with Crippen molar-refractivity contribution >= 4 is 0 Å². The number of hydrogen-bond acceptors (Lipinski definition) is 0. The standard InChI is InChI=1S/C8H9.C6H7.2C2H6.CH4.2CH3.2Re.2Rf/c1-7-5-3-4-6-8(7)2;1-6-4-2-3-5-6;2*1-2;;;;;;;/h3-5H,1-2H3;2,4H,3H2,1H3;2*1-2H3;1H4;2*1H3;;;;/q2*-1;;;;2*-1;;;;. The molecule has 0 aliphatic heterocycles. The summed E-state index contributed by atoms with van der Waals surface area (Å²) in [6.45, 7) is 14.2. The van der Waals surface area contributed by atoms with Crippen LogP contribution in [0, 0.1) is 40.8 Å². The van der Waals surface area contributed by atoms with Gasteiger partial charge in [0.05, 0.1) is 0 Å². The summed E-state index contributed by atoms with van der Waals surface area (Å²) in [5.74, 6) is 0. The minimum Gasteiger partial charge on any atom is -0.358 e. The Labute approximate surface area is 176 Å². The van der Waals surface area contributed by atoms with Gasteiger partial charge in [0.25, 0.3) is 0 Å². The first kappa shape index (κ1) is 56.8. The van der Waals surface area contributed by atoms with E-state index in [1.54, 1.807) is 0 Å². The molecule has 0 atom stereocenters. The van der Waals surface area contributed by atoms with Crippen molar-refractivity contribution in [2.45, 2.75) is 62.3 Å². The molecule has 1 aromatic carbocycles. The third kappa shape index (κ3) is 34.4. The van der Waals surface area contributed by atoms with Gasteiger partial charge in [0.1, 0.15) is 0 Å². The maximum atomic E-state index is 3.12. The molecule has 0 unspecified atom stereocenters. The molecule has 0 aromatic heterocycles. The second-order valence-electron chi connectivity index (χ2n) is 3.44. The second kappa shape index (κ2) is 43.1. The Morgan fingerprint density at radius 1 is 0.880 bits per heavy atom. The number of allylic oxidation sites excluding steroid dienone is 4. The first-order valence-electron chi connectivity index (χ1n) is 6.88. The number of benzene rings is 1. The van der Waals surface area contributed by atoms with Crippen LogP contribution in [0.15, 0.2) is 35.9 Å². The van der Waals surface area contributed by atoms with Crippen LogP contribution in [0.3, 0.4) is 0 Å². The van der Waals surface area contributed by atoms with Crippen LogP contribution in [0.2, 0.25) is 0 Å². The topological polar surface area (TPSA) is 0 Å². The van der Waals surface area contributed by atoms with E-state index in [-0.39, 0.29) is 63.1 Å². The van der Waals surface area contributed by atoms with Crippen LogP contribution in [-0.4, -0.2) is 0 Å². The average Bonchev–Trinajstić information content (AvgIpc) is 2.90. The van der Waals surface area contributed by atoms with Crippen molar-refractivity contribution < 1.29 is 40.8 Å². The summed E-state index contributed by atoms with van der Waals surface area (Å²) in [6, 6.07) is 9.12. The molecule has 2 radical (unpaired) electrons. The Kier molecular flexibility index (Phi) is 98.0. The number of rotatable bonds is 0. The normalized spacial score (nSPS) is 7.88. The maximum Gasteiger partial charge on any atom is 0 e. The van der Waals surface area contributed by atoms with Crippen LogP contribution in [0.4, 0.5) is 0 Å². The molecule has 0 bridgehead atoms. The van der Waals surface area contributed by atoms with Crippen molar-refractivity contribution in [1.29, 1.82) is 0 Å². The molecule has 0 amide bonds. The summed E-state index contributed by atoms with van der Waals surface area (Å²) in [7, 11) is 0. The van der Waals surface area contributed by atoms with E-state index in [4.69, 9.17) is 0 Å². The molecule has 0 nitrogen and oxygen atoms in total. The molecular formula is C21H38Re2Rf2-4. The number of aryl methyl sites for hydroxylation is 2. The largest absolute Gasteiger partial charge is 0.358 e. The summed E-state index contributed by atoms with van der Waals surface area (Å²) in [6.07, 6.45) is 8.33. The van der Waals surface area contributed by atoms with Gasteiger partial charge < -0.3 is 14.9 Å². The Balaban J connectivity index is -0.0000000200. The predicted molar refractivity (Wildman–Crippen MR) is 103 cm³/mol. The van der Waals surface area contributed by atoms with Gasteiger partial charge >= 0.3 is 0 Å².